The van der Waals surface area contributed by atoms with Crippen molar-refractivity contribution in [2.75, 3.05) is 22.5 Å². The molecule has 1 N–H and O–H groups in total. The molecule has 0 aromatic heterocycles. The van der Waals surface area contributed by atoms with E-state index in [4.69, 9.17) is 27.9 Å². The Kier molecular flexibility index (Phi) is 7.74. The number of sulfonamides is 1. The quantitative estimate of drug-likeness (QED) is 0.607. The van der Waals surface area contributed by atoms with E-state index in [1.807, 2.05) is 0 Å². The predicted octanol–water partition coefficient (Wildman–Crippen LogP) is 4.27. The van der Waals surface area contributed by atoms with E-state index in [9.17, 15) is 18.0 Å². The van der Waals surface area contributed by atoms with E-state index in [1.165, 1.54) is 31.2 Å². The zero-order valence-electron chi connectivity index (χ0n) is 16.9. The third-order valence-electron chi connectivity index (χ3n) is 4.24. The number of nitrogens with one attached hydrogen (secondary N) is 1. The van der Waals surface area contributed by atoms with Crippen LogP contribution < -0.4 is 9.62 Å². The van der Waals surface area contributed by atoms with Crippen LogP contribution >= 0.6 is 23.2 Å². The molecule has 0 saturated heterocycles. The molecule has 10 heteroatoms. The van der Waals surface area contributed by atoms with E-state index in [2.05, 4.69) is 5.32 Å². The number of esters is 1. The summed E-state index contributed by atoms with van der Waals surface area (Å²) in [5.74, 6) is -1.14. The smallest absolute Gasteiger partial charge is 0.338 e. The minimum Gasteiger partial charge on any atom is -0.462 e. The number of amides is 1. The summed E-state index contributed by atoms with van der Waals surface area (Å²) in [5.41, 5.74) is 1.41. The lowest BCUT2D eigenvalue weighted by molar-refractivity contribution is -0.116. The van der Waals surface area contributed by atoms with Gasteiger partial charge in [-0.05, 0) is 56.7 Å². The minimum atomic E-state index is -3.81. The van der Waals surface area contributed by atoms with Crippen molar-refractivity contribution >= 4 is 56.5 Å². The van der Waals surface area contributed by atoms with Gasteiger partial charge in [-0.2, -0.15) is 0 Å². The van der Waals surface area contributed by atoms with Gasteiger partial charge in [0.15, 0.2) is 0 Å². The number of carbonyl (C=O) groups is 2. The Labute approximate surface area is 186 Å². The molecular formula is C20H22Cl2N2O5S. The molecule has 2 aromatic rings. The van der Waals surface area contributed by atoms with E-state index < -0.39 is 27.9 Å². The summed E-state index contributed by atoms with van der Waals surface area (Å²) in [4.78, 5) is 24.6. The zero-order valence-corrected chi connectivity index (χ0v) is 19.2. The highest BCUT2D eigenvalue weighted by Crippen LogP contribution is 2.29. The van der Waals surface area contributed by atoms with Crippen molar-refractivity contribution in [3.05, 3.63) is 57.6 Å². The first-order valence-electron chi connectivity index (χ1n) is 8.98. The van der Waals surface area contributed by atoms with Crippen LogP contribution in [0.2, 0.25) is 10.0 Å². The Morgan fingerprint density at radius 3 is 2.40 bits per heavy atom. The zero-order chi connectivity index (χ0) is 22.6. The second kappa shape index (κ2) is 9.68. The number of benzene rings is 2. The van der Waals surface area contributed by atoms with Gasteiger partial charge in [0.2, 0.25) is 15.9 Å². The van der Waals surface area contributed by atoms with E-state index in [1.54, 1.807) is 26.0 Å². The Morgan fingerprint density at radius 2 is 1.83 bits per heavy atom. The summed E-state index contributed by atoms with van der Waals surface area (Å²) in [5, 5.41) is 3.06. The number of aryl methyl sites for hydroxylation is 1. The van der Waals surface area contributed by atoms with Crippen molar-refractivity contribution in [2.24, 2.45) is 0 Å². The molecule has 1 atom stereocenters. The molecule has 1 unspecified atom stereocenters. The molecule has 0 spiro atoms. The number of carbonyl (C=O) groups excluding carboxylic acids is 2. The third kappa shape index (κ3) is 5.65. The summed E-state index contributed by atoms with van der Waals surface area (Å²) in [6.07, 6.45) is 1.01. The first-order valence-corrected chi connectivity index (χ1v) is 11.6. The molecule has 7 nitrogen and oxygen atoms in total. The SMILES string of the molecule is CCOC(=O)c1ccc(NC(=O)C(C)N(c2cc(Cl)ccc2C)S(C)(=O)=O)c(Cl)c1. The van der Waals surface area contributed by atoms with Crippen molar-refractivity contribution in [1.82, 2.24) is 0 Å². The van der Waals surface area contributed by atoms with Crippen LogP contribution in [-0.4, -0.2) is 39.2 Å². The molecule has 2 rings (SSSR count). The molecule has 2 aromatic carbocycles. The van der Waals surface area contributed by atoms with Crippen LogP contribution in [0, 0.1) is 6.92 Å². The lowest BCUT2D eigenvalue weighted by atomic mass is 10.1. The van der Waals surface area contributed by atoms with Gasteiger partial charge in [-0.25, -0.2) is 13.2 Å². The Hall–Kier alpha value is -2.29. The maximum atomic E-state index is 12.8. The first kappa shape index (κ1) is 24.0. The third-order valence-corrected chi connectivity index (χ3v) is 6.01. The molecule has 0 heterocycles. The highest BCUT2D eigenvalue weighted by molar-refractivity contribution is 7.92. The van der Waals surface area contributed by atoms with Crippen molar-refractivity contribution in [2.45, 2.75) is 26.8 Å². The van der Waals surface area contributed by atoms with Gasteiger partial charge in [-0.15, -0.1) is 0 Å². The fourth-order valence-corrected chi connectivity index (χ4v) is 4.41. The van der Waals surface area contributed by atoms with Gasteiger partial charge in [0.25, 0.3) is 0 Å². The van der Waals surface area contributed by atoms with Crippen LogP contribution in [0.25, 0.3) is 0 Å². The van der Waals surface area contributed by atoms with Crippen molar-refractivity contribution in [3.63, 3.8) is 0 Å². The molecule has 162 valence electrons. The number of nitrogens with zero attached hydrogens (tertiary/aromatic N) is 1. The second-order valence-corrected chi connectivity index (χ2v) is 9.27. The highest BCUT2D eigenvalue weighted by atomic mass is 35.5. The maximum absolute atomic E-state index is 12.8. The van der Waals surface area contributed by atoms with Gasteiger partial charge in [0, 0.05) is 5.02 Å². The Balaban J connectivity index is 2.32. The van der Waals surface area contributed by atoms with Gasteiger partial charge in [0.05, 0.1) is 34.8 Å². The number of ether oxygens (including phenoxy) is 1. The van der Waals surface area contributed by atoms with Crippen LogP contribution in [0.1, 0.15) is 29.8 Å². The average Bonchev–Trinajstić information content (AvgIpc) is 2.65. The van der Waals surface area contributed by atoms with Gasteiger partial charge in [-0.1, -0.05) is 29.3 Å². The van der Waals surface area contributed by atoms with Gasteiger partial charge in [0.1, 0.15) is 6.04 Å². The number of halogens is 2. The molecule has 1 amide bonds. The largest absolute Gasteiger partial charge is 0.462 e. The summed E-state index contributed by atoms with van der Waals surface area (Å²) < 4.78 is 30.9. The molecule has 0 aliphatic heterocycles. The number of rotatable bonds is 7. The predicted molar refractivity (Wildman–Crippen MR) is 119 cm³/mol. The van der Waals surface area contributed by atoms with Gasteiger partial charge in [-0.3, -0.25) is 9.10 Å². The van der Waals surface area contributed by atoms with E-state index in [-0.39, 0.29) is 22.9 Å². The summed E-state index contributed by atoms with van der Waals surface area (Å²) in [6.45, 7) is 5.08. The molecule has 0 fully saturated rings. The van der Waals surface area contributed by atoms with E-state index in [0.29, 0.717) is 16.3 Å². The normalized spacial score (nSPS) is 12.2. The molecule has 0 bridgehead atoms. The monoisotopic (exact) mass is 472 g/mol. The average molecular weight is 473 g/mol. The highest BCUT2D eigenvalue weighted by Gasteiger charge is 2.30. The number of hydrogen-bond acceptors (Lipinski definition) is 5. The Morgan fingerprint density at radius 1 is 1.17 bits per heavy atom. The second-order valence-electron chi connectivity index (χ2n) is 6.57. The molecule has 30 heavy (non-hydrogen) atoms. The maximum Gasteiger partial charge on any atom is 0.338 e. The van der Waals surface area contributed by atoms with Crippen molar-refractivity contribution < 1.29 is 22.7 Å². The van der Waals surface area contributed by atoms with E-state index in [0.717, 1.165) is 10.6 Å². The fourth-order valence-electron chi connectivity index (χ4n) is 2.80. The molecule has 0 saturated carbocycles. The minimum absolute atomic E-state index is 0.117. The molecule has 0 aliphatic rings. The number of anilines is 2. The van der Waals surface area contributed by atoms with Gasteiger partial charge < -0.3 is 10.1 Å². The van der Waals surface area contributed by atoms with Crippen molar-refractivity contribution in [3.8, 4) is 0 Å². The van der Waals surface area contributed by atoms with Crippen LogP contribution in [0.5, 0.6) is 0 Å². The first-order chi connectivity index (χ1) is 14.0. The lowest BCUT2D eigenvalue weighted by Crippen LogP contribution is -2.45. The number of hydrogen-bond donors (Lipinski definition) is 1. The summed E-state index contributed by atoms with van der Waals surface area (Å²) in [6, 6.07) is 7.98. The summed E-state index contributed by atoms with van der Waals surface area (Å²) >= 11 is 12.2. The van der Waals surface area contributed by atoms with Crippen LogP contribution in [-0.2, 0) is 19.6 Å². The standard InChI is InChI=1S/C20H22Cl2N2O5S/c1-5-29-20(26)14-7-9-17(16(22)10-14)23-19(25)13(3)24(30(4,27)28)18-11-15(21)8-6-12(18)2/h6-11,13H,5H2,1-4H3,(H,23,25). The summed E-state index contributed by atoms with van der Waals surface area (Å²) in [7, 11) is -3.81. The molecular weight excluding hydrogens is 451 g/mol. The Bertz CT molecular complexity index is 1070. The van der Waals surface area contributed by atoms with Crippen LogP contribution in [0.15, 0.2) is 36.4 Å². The fraction of sp³-hybridized carbons (Fsp3) is 0.300. The lowest BCUT2D eigenvalue weighted by Gasteiger charge is -2.29. The van der Waals surface area contributed by atoms with Crippen molar-refractivity contribution in [1.29, 1.82) is 0 Å². The molecule has 0 aliphatic carbocycles. The van der Waals surface area contributed by atoms with Gasteiger partial charge >= 0.3 is 5.97 Å². The van der Waals surface area contributed by atoms with Crippen LogP contribution in [0.4, 0.5) is 11.4 Å². The topological polar surface area (TPSA) is 92.8 Å². The molecule has 0 radical (unpaired) electrons. The van der Waals surface area contributed by atoms with Crippen LogP contribution in [0.3, 0.4) is 0 Å². The van der Waals surface area contributed by atoms with E-state index >= 15 is 0 Å².